The fraction of sp³-hybridized carbons (Fsp3) is 0.583. The number of hydrogen-bond donors (Lipinski definition) is 2. The van der Waals surface area contributed by atoms with E-state index in [1.165, 1.54) is 6.42 Å². The minimum absolute atomic E-state index is 0.483. The van der Waals surface area contributed by atoms with E-state index < -0.39 is 0 Å². The van der Waals surface area contributed by atoms with Gasteiger partial charge < -0.3 is 11.1 Å². The number of pyridine rings is 1. The summed E-state index contributed by atoms with van der Waals surface area (Å²) in [7, 11) is 0. The van der Waals surface area contributed by atoms with Crippen LogP contribution >= 0.6 is 15.9 Å². The molecule has 3 nitrogen and oxygen atoms in total. The van der Waals surface area contributed by atoms with Crippen LogP contribution in [0.1, 0.15) is 38.7 Å². The topological polar surface area (TPSA) is 50.9 Å². The van der Waals surface area contributed by atoms with Crippen molar-refractivity contribution in [2.75, 3.05) is 11.1 Å². The summed E-state index contributed by atoms with van der Waals surface area (Å²) in [5.74, 6) is 0.895. The van der Waals surface area contributed by atoms with Gasteiger partial charge >= 0.3 is 0 Å². The molecule has 0 amide bonds. The van der Waals surface area contributed by atoms with Gasteiger partial charge in [-0.1, -0.05) is 20.3 Å². The number of nitrogen functional groups attached to an aromatic ring is 1. The molecular weight excluding hydrogens is 266 g/mol. The maximum atomic E-state index is 5.79. The van der Waals surface area contributed by atoms with Crippen molar-refractivity contribution in [1.82, 2.24) is 4.98 Å². The first-order chi connectivity index (χ1) is 7.60. The quantitative estimate of drug-likeness (QED) is 0.867. The third-order valence-corrected chi connectivity index (χ3v) is 3.74. The highest BCUT2D eigenvalue weighted by molar-refractivity contribution is 9.10. The first-order valence-corrected chi connectivity index (χ1v) is 6.56. The maximum absolute atomic E-state index is 5.79. The highest BCUT2D eigenvalue weighted by atomic mass is 79.9. The molecule has 1 atom stereocenters. The molecule has 1 heterocycles. The number of nitrogens with two attached hydrogens (primary N) is 1. The third kappa shape index (κ3) is 3.11. The molecule has 16 heavy (non-hydrogen) atoms. The molecule has 3 N–H and O–H groups in total. The van der Waals surface area contributed by atoms with Crippen molar-refractivity contribution < 1.29 is 0 Å². The summed E-state index contributed by atoms with van der Waals surface area (Å²) in [6.07, 6.45) is 5.15. The molecule has 0 saturated carbocycles. The Labute approximate surface area is 106 Å². The Kier molecular flexibility index (Phi) is 5.06. The first-order valence-electron chi connectivity index (χ1n) is 5.77. The molecule has 1 rings (SSSR count). The Hall–Kier alpha value is -0.770. The van der Waals surface area contributed by atoms with Gasteiger partial charge in [-0.05, 0) is 41.3 Å². The zero-order valence-electron chi connectivity index (χ0n) is 10.2. The lowest BCUT2D eigenvalue weighted by atomic mass is 10.1. The van der Waals surface area contributed by atoms with Crippen molar-refractivity contribution in [2.45, 2.75) is 46.1 Å². The maximum Gasteiger partial charge on any atom is 0.140 e. The van der Waals surface area contributed by atoms with Crippen LogP contribution in [0.3, 0.4) is 0 Å². The number of aromatic nitrogens is 1. The Balaban J connectivity index is 2.84. The summed E-state index contributed by atoms with van der Waals surface area (Å²) in [6.45, 7) is 6.37. The summed E-state index contributed by atoms with van der Waals surface area (Å²) < 4.78 is 0.974. The molecule has 0 aliphatic heterocycles. The Morgan fingerprint density at radius 3 is 2.75 bits per heavy atom. The van der Waals surface area contributed by atoms with Crippen molar-refractivity contribution in [1.29, 1.82) is 0 Å². The normalized spacial score (nSPS) is 12.5. The summed E-state index contributed by atoms with van der Waals surface area (Å²) >= 11 is 3.53. The number of halogens is 1. The van der Waals surface area contributed by atoms with E-state index in [4.69, 9.17) is 5.73 Å². The van der Waals surface area contributed by atoms with E-state index in [2.05, 4.69) is 40.1 Å². The lowest BCUT2D eigenvalue weighted by molar-refractivity contribution is 0.620. The van der Waals surface area contributed by atoms with Gasteiger partial charge in [-0.3, -0.25) is 0 Å². The van der Waals surface area contributed by atoms with Crippen LogP contribution in [0.4, 0.5) is 11.5 Å². The lowest BCUT2D eigenvalue weighted by Gasteiger charge is -2.18. The minimum Gasteiger partial charge on any atom is -0.397 e. The number of anilines is 2. The molecule has 90 valence electrons. The fourth-order valence-electron chi connectivity index (χ4n) is 1.61. The Bertz CT molecular complexity index is 352. The van der Waals surface area contributed by atoms with Gasteiger partial charge in [0.2, 0.25) is 0 Å². The van der Waals surface area contributed by atoms with Gasteiger partial charge in [0.1, 0.15) is 5.82 Å². The second-order valence-electron chi connectivity index (χ2n) is 4.04. The largest absolute Gasteiger partial charge is 0.397 e. The average molecular weight is 286 g/mol. The van der Waals surface area contributed by atoms with Gasteiger partial charge in [-0.15, -0.1) is 0 Å². The summed E-state index contributed by atoms with van der Waals surface area (Å²) in [6, 6.07) is 0.483. The first kappa shape index (κ1) is 13.3. The van der Waals surface area contributed by atoms with Crippen LogP contribution in [0.5, 0.6) is 0 Å². The zero-order valence-corrected chi connectivity index (χ0v) is 11.8. The molecule has 0 bridgehead atoms. The second-order valence-corrected chi connectivity index (χ2v) is 4.83. The molecule has 0 saturated heterocycles. The van der Waals surface area contributed by atoms with E-state index in [1.807, 2.05) is 6.92 Å². The van der Waals surface area contributed by atoms with Crippen molar-refractivity contribution in [3.8, 4) is 0 Å². The van der Waals surface area contributed by atoms with Crippen molar-refractivity contribution >= 4 is 27.4 Å². The Morgan fingerprint density at radius 1 is 1.50 bits per heavy atom. The van der Waals surface area contributed by atoms with E-state index in [0.29, 0.717) is 6.04 Å². The lowest BCUT2D eigenvalue weighted by Crippen LogP contribution is -2.19. The Morgan fingerprint density at radius 2 is 2.19 bits per heavy atom. The van der Waals surface area contributed by atoms with E-state index in [9.17, 15) is 0 Å². The predicted octanol–water partition coefficient (Wildman–Crippen LogP) is 3.73. The van der Waals surface area contributed by atoms with Crippen LogP contribution in [0, 0.1) is 6.92 Å². The molecule has 0 spiro atoms. The van der Waals surface area contributed by atoms with Gasteiger partial charge in [0.25, 0.3) is 0 Å². The van der Waals surface area contributed by atoms with Crippen molar-refractivity contribution in [3.63, 3.8) is 0 Å². The molecule has 0 aliphatic carbocycles. The van der Waals surface area contributed by atoms with E-state index in [0.717, 1.165) is 34.4 Å². The molecule has 4 heteroatoms. The number of hydrogen-bond acceptors (Lipinski definition) is 3. The number of rotatable bonds is 5. The smallest absolute Gasteiger partial charge is 0.140 e. The number of nitrogens with one attached hydrogen (secondary N) is 1. The van der Waals surface area contributed by atoms with Crippen LogP contribution in [0.15, 0.2) is 10.7 Å². The minimum atomic E-state index is 0.483. The average Bonchev–Trinajstić information content (AvgIpc) is 2.29. The van der Waals surface area contributed by atoms with Crippen LogP contribution in [-0.4, -0.2) is 11.0 Å². The SMILES string of the molecule is CCCC(CC)Nc1ncc(N)c(C)c1Br. The molecule has 0 radical (unpaired) electrons. The van der Waals surface area contributed by atoms with Crippen molar-refractivity contribution in [2.24, 2.45) is 0 Å². The van der Waals surface area contributed by atoms with Gasteiger partial charge in [0, 0.05) is 6.04 Å². The summed E-state index contributed by atoms with van der Waals surface area (Å²) in [5, 5.41) is 3.45. The zero-order chi connectivity index (χ0) is 12.1. The highest BCUT2D eigenvalue weighted by Gasteiger charge is 2.11. The molecule has 0 fully saturated rings. The van der Waals surface area contributed by atoms with E-state index in [1.54, 1.807) is 6.20 Å². The van der Waals surface area contributed by atoms with Gasteiger partial charge in [0.15, 0.2) is 0 Å². The standard InChI is InChI=1S/C12H20BrN3/c1-4-6-9(5-2)16-12-11(13)8(3)10(14)7-15-12/h7,9H,4-6,14H2,1-3H3,(H,15,16). The summed E-state index contributed by atoms with van der Waals surface area (Å²) in [4.78, 5) is 4.33. The summed E-state index contributed by atoms with van der Waals surface area (Å²) in [5.41, 5.74) is 7.56. The van der Waals surface area contributed by atoms with Gasteiger partial charge in [-0.25, -0.2) is 4.98 Å². The van der Waals surface area contributed by atoms with E-state index >= 15 is 0 Å². The highest BCUT2D eigenvalue weighted by Crippen LogP contribution is 2.28. The predicted molar refractivity (Wildman–Crippen MR) is 73.7 cm³/mol. The fourth-order valence-corrected chi connectivity index (χ4v) is 2.06. The van der Waals surface area contributed by atoms with Crippen LogP contribution in [0.2, 0.25) is 0 Å². The molecule has 1 aromatic heterocycles. The molecule has 0 aliphatic rings. The van der Waals surface area contributed by atoms with Crippen LogP contribution in [-0.2, 0) is 0 Å². The molecular formula is C12H20BrN3. The number of nitrogens with zero attached hydrogens (tertiary/aromatic N) is 1. The van der Waals surface area contributed by atoms with Gasteiger partial charge in [-0.2, -0.15) is 0 Å². The molecule has 0 aromatic carbocycles. The second kappa shape index (κ2) is 6.09. The van der Waals surface area contributed by atoms with Crippen LogP contribution in [0.25, 0.3) is 0 Å². The molecule has 1 unspecified atom stereocenters. The van der Waals surface area contributed by atoms with E-state index in [-0.39, 0.29) is 0 Å². The van der Waals surface area contributed by atoms with Crippen molar-refractivity contribution in [3.05, 3.63) is 16.2 Å². The van der Waals surface area contributed by atoms with Gasteiger partial charge in [0.05, 0.1) is 16.4 Å². The monoisotopic (exact) mass is 285 g/mol. The molecule has 1 aromatic rings. The van der Waals surface area contributed by atoms with Crippen LogP contribution < -0.4 is 11.1 Å². The third-order valence-electron chi connectivity index (χ3n) is 2.77.